The van der Waals surface area contributed by atoms with Crippen LogP contribution < -0.4 is 10.7 Å². The standard InChI is InChI=1S/C16H16N6O2S/c1-2-13(23)19-16-22-21-15(25-16)7-14(24)20-18-9-10-8-17-12-6-4-3-5-11(10)12/h3-6,8-9,17H,2,7H2,1H3,(H,20,24)(H,19,22,23)/b18-9+. The number of hydrogen-bond donors (Lipinski definition) is 3. The Bertz CT molecular complexity index is 930. The number of aromatic amines is 1. The maximum Gasteiger partial charge on any atom is 0.247 e. The molecular weight excluding hydrogens is 340 g/mol. The Hall–Kier alpha value is -3.07. The van der Waals surface area contributed by atoms with Gasteiger partial charge < -0.3 is 10.3 Å². The van der Waals surface area contributed by atoms with Crippen LogP contribution in [-0.2, 0) is 16.0 Å². The first kappa shape index (κ1) is 16.8. The summed E-state index contributed by atoms with van der Waals surface area (Å²) in [6.07, 6.45) is 3.82. The first-order chi connectivity index (χ1) is 12.2. The third kappa shape index (κ3) is 4.27. The molecule has 0 aliphatic heterocycles. The van der Waals surface area contributed by atoms with Crippen LogP contribution in [0.3, 0.4) is 0 Å². The lowest BCUT2D eigenvalue weighted by Crippen LogP contribution is -2.19. The van der Waals surface area contributed by atoms with E-state index in [1.54, 1.807) is 13.1 Å². The third-order valence-electron chi connectivity index (χ3n) is 3.36. The van der Waals surface area contributed by atoms with E-state index in [0.717, 1.165) is 16.5 Å². The number of amides is 2. The smallest absolute Gasteiger partial charge is 0.247 e. The van der Waals surface area contributed by atoms with E-state index < -0.39 is 0 Å². The van der Waals surface area contributed by atoms with E-state index >= 15 is 0 Å². The number of nitrogens with zero attached hydrogens (tertiary/aromatic N) is 3. The van der Waals surface area contributed by atoms with Gasteiger partial charge in [0, 0.05) is 29.1 Å². The Labute approximate surface area is 147 Å². The first-order valence-corrected chi connectivity index (χ1v) is 8.47. The first-order valence-electron chi connectivity index (χ1n) is 7.66. The summed E-state index contributed by atoms with van der Waals surface area (Å²) >= 11 is 1.17. The maximum absolute atomic E-state index is 11.9. The van der Waals surface area contributed by atoms with Gasteiger partial charge in [-0.2, -0.15) is 5.10 Å². The van der Waals surface area contributed by atoms with Crippen molar-refractivity contribution in [2.45, 2.75) is 19.8 Å². The molecule has 0 aliphatic carbocycles. The largest absolute Gasteiger partial charge is 0.361 e. The number of para-hydroxylation sites is 1. The molecule has 0 saturated carbocycles. The number of carbonyl (C=O) groups excluding carboxylic acids is 2. The van der Waals surface area contributed by atoms with Crippen LogP contribution in [0.25, 0.3) is 10.9 Å². The highest BCUT2D eigenvalue weighted by molar-refractivity contribution is 7.15. The number of fused-ring (bicyclic) bond motifs is 1. The normalized spacial score (nSPS) is 11.1. The number of aromatic nitrogens is 3. The molecule has 0 bridgehead atoms. The average Bonchev–Trinajstić information content (AvgIpc) is 3.22. The molecule has 3 N–H and O–H groups in total. The van der Waals surface area contributed by atoms with Crippen molar-refractivity contribution >= 4 is 45.4 Å². The fraction of sp³-hybridized carbons (Fsp3) is 0.188. The monoisotopic (exact) mass is 356 g/mol. The van der Waals surface area contributed by atoms with E-state index in [9.17, 15) is 9.59 Å². The number of nitrogens with one attached hydrogen (secondary N) is 3. The van der Waals surface area contributed by atoms with E-state index in [0.29, 0.717) is 16.6 Å². The zero-order valence-electron chi connectivity index (χ0n) is 13.4. The molecule has 0 spiro atoms. The number of hydrogen-bond acceptors (Lipinski definition) is 6. The van der Waals surface area contributed by atoms with Crippen LogP contribution in [0.1, 0.15) is 23.9 Å². The van der Waals surface area contributed by atoms with Crippen molar-refractivity contribution in [1.82, 2.24) is 20.6 Å². The fourth-order valence-corrected chi connectivity index (χ4v) is 2.89. The zero-order valence-corrected chi connectivity index (χ0v) is 14.3. The van der Waals surface area contributed by atoms with Crippen molar-refractivity contribution in [3.05, 3.63) is 41.0 Å². The van der Waals surface area contributed by atoms with Crippen molar-refractivity contribution < 1.29 is 9.59 Å². The molecular formula is C16H16N6O2S. The van der Waals surface area contributed by atoms with Gasteiger partial charge in [0.2, 0.25) is 16.9 Å². The summed E-state index contributed by atoms with van der Waals surface area (Å²) in [6.45, 7) is 1.75. The Morgan fingerprint density at radius 1 is 1.28 bits per heavy atom. The van der Waals surface area contributed by atoms with Crippen LogP contribution in [0.4, 0.5) is 5.13 Å². The summed E-state index contributed by atoms with van der Waals surface area (Å²) in [6, 6.07) is 7.83. The minimum atomic E-state index is -0.305. The predicted molar refractivity (Wildman–Crippen MR) is 96.6 cm³/mol. The molecule has 0 atom stereocenters. The Morgan fingerprint density at radius 2 is 2.12 bits per heavy atom. The van der Waals surface area contributed by atoms with E-state index in [1.165, 1.54) is 11.3 Å². The van der Waals surface area contributed by atoms with Gasteiger partial charge in [0.15, 0.2) is 0 Å². The van der Waals surface area contributed by atoms with E-state index in [2.05, 4.69) is 31.0 Å². The van der Waals surface area contributed by atoms with Gasteiger partial charge in [-0.3, -0.25) is 9.59 Å². The lowest BCUT2D eigenvalue weighted by molar-refractivity contribution is -0.120. The SMILES string of the molecule is CCC(=O)Nc1nnc(CC(=O)N/N=C/c2c[nH]c3ccccc23)s1. The molecule has 0 unspecified atom stereocenters. The molecule has 128 valence electrons. The van der Waals surface area contributed by atoms with Crippen molar-refractivity contribution in [2.75, 3.05) is 5.32 Å². The third-order valence-corrected chi connectivity index (χ3v) is 4.20. The highest BCUT2D eigenvalue weighted by atomic mass is 32.1. The summed E-state index contributed by atoms with van der Waals surface area (Å²) < 4.78 is 0. The molecule has 1 aromatic carbocycles. The molecule has 3 aromatic rings. The van der Waals surface area contributed by atoms with Crippen LogP contribution in [0.2, 0.25) is 0 Å². The van der Waals surface area contributed by atoms with Gasteiger partial charge in [-0.15, -0.1) is 10.2 Å². The fourth-order valence-electron chi connectivity index (χ4n) is 2.13. The quantitative estimate of drug-likeness (QED) is 0.463. The van der Waals surface area contributed by atoms with Crippen LogP contribution in [0, 0.1) is 0 Å². The van der Waals surface area contributed by atoms with Crippen molar-refractivity contribution in [1.29, 1.82) is 0 Å². The molecule has 0 saturated heterocycles. The molecule has 8 nitrogen and oxygen atoms in total. The summed E-state index contributed by atoms with van der Waals surface area (Å²) in [4.78, 5) is 26.3. The number of anilines is 1. The van der Waals surface area contributed by atoms with Gasteiger partial charge in [-0.1, -0.05) is 36.5 Å². The minimum Gasteiger partial charge on any atom is -0.361 e. The highest BCUT2D eigenvalue weighted by Crippen LogP contribution is 2.16. The van der Waals surface area contributed by atoms with E-state index in [-0.39, 0.29) is 18.2 Å². The van der Waals surface area contributed by atoms with Gasteiger partial charge in [0.05, 0.1) is 12.6 Å². The van der Waals surface area contributed by atoms with Gasteiger partial charge >= 0.3 is 0 Å². The van der Waals surface area contributed by atoms with Crippen LogP contribution in [0.5, 0.6) is 0 Å². The van der Waals surface area contributed by atoms with Gasteiger partial charge in [-0.25, -0.2) is 5.43 Å². The zero-order chi connectivity index (χ0) is 17.6. The Balaban J connectivity index is 1.55. The minimum absolute atomic E-state index is 0.0465. The molecule has 2 heterocycles. The molecule has 9 heteroatoms. The lowest BCUT2D eigenvalue weighted by atomic mass is 10.2. The van der Waals surface area contributed by atoms with Gasteiger partial charge in [0.25, 0.3) is 0 Å². The van der Waals surface area contributed by atoms with Crippen molar-refractivity contribution in [3.8, 4) is 0 Å². The second-order valence-corrected chi connectivity index (χ2v) is 6.22. The molecule has 0 aliphatic rings. The van der Waals surface area contributed by atoms with E-state index in [4.69, 9.17) is 0 Å². The van der Waals surface area contributed by atoms with Crippen molar-refractivity contribution in [2.24, 2.45) is 5.10 Å². The molecule has 2 amide bonds. The number of rotatable bonds is 6. The summed E-state index contributed by atoms with van der Waals surface area (Å²) in [5, 5.41) is 16.2. The molecule has 0 fully saturated rings. The second-order valence-electron chi connectivity index (χ2n) is 5.16. The lowest BCUT2D eigenvalue weighted by Gasteiger charge is -1.96. The van der Waals surface area contributed by atoms with Crippen LogP contribution >= 0.6 is 11.3 Å². The van der Waals surface area contributed by atoms with Crippen LogP contribution in [0.15, 0.2) is 35.6 Å². The van der Waals surface area contributed by atoms with E-state index in [1.807, 2.05) is 30.5 Å². The Kier molecular flexibility index (Phi) is 5.14. The predicted octanol–water partition coefficient (Wildman–Crippen LogP) is 2.06. The number of carbonyl (C=O) groups is 2. The summed E-state index contributed by atoms with van der Waals surface area (Å²) in [7, 11) is 0. The topological polar surface area (TPSA) is 112 Å². The van der Waals surface area contributed by atoms with Gasteiger partial charge in [0.1, 0.15) is 5.01 Å². The van der Waals surface area contributed by atoms with Crippen LogP contribution in [-0.4, -0.2) is 33.2 Å². The van der Waals surface area contributed by atoms with Crippen molar-refractivity contribution in [3.63, 3.8) is 0 Å². The highest BCUT2D eigenvalue weighted by Gasteiger charge is 2.10. The number of hydrazone groups is 1. The average molecular weight is 356 g/mol. The number of H-pyrrole nitrogens is 1. The summed E-state index contributed by atoms with van der Waals surface area (Å²) in [5.74, 6) is -0.448. The molecule has 0 radical (unpaired) electrons. The number of benzene rings is 1. The maximum atomic E-state index is 11.9. The molecule has 3 rings (SSSR count). The summed E-state index contributed by atoms with van der Waals surface area (Å²) in [5.41, 5.74) is 4.35. The molecule has 2 aromatic heterocycles. The van der Waals surface area contributed by atoms with Gasteiger partial charge in [-0.05, 0) is 6.07 Å². The molecule has 25 heavy (non-hydrogen) atoms. The Morgan fingerprint density at radius 3 is 2.96 bits per heavy atom. The second kappa shape index (κ2) is 7.67.